The summed E-state index contributed by atoms with van der Waals surface area (Å²) in [5.41, 5.74) is 2.03. The van der Waals surface area contributed by atoms with Crippen molar-refractivity contribution in [3.8, 4) is 5.75 Å². The molecule has 0 radical (unpaired) electrons. The van der Waals surface area contributed by atoms with E-state index in [0.717, 1.165) is 21.3 Å². The Morgan fingerprint density at radius 1 is 1.23 bits per heavy atom. The lowest BCUT2D eigenvalue weighted by Gasteiger charge is -2.25. The van der Waals surface area contributed by atoms with Gasteiger partial charge in [0.15, 0.2) is 0 Å². The molecule has 2 aromatic carbocycles. The Kier molecular flexibility index (Phi) is 7.60. The highest BCUT2D eigenvalue weighted by Gasteiger charge is 2.15. The minimum atomic E-state index is -0.263. The number of carbonyl (C=O) groups is 1. The third kappa shape index (κ3) is 5.81. The maximum absolute atomic E-state index is 13.1. The van der Waals surface area contributed by atoms with Gasteiger partial charge in [-0.1, -0.05) is 18.2 Å². The molecule has 0 heterocycles. The molecule has 0 spiro atoms. The highest BCUT2D eigenvalue weighted by molar-refractivity contribution is 9.10. The van der Waals surface area contributed by atoms with Crippen LogP contribution in [0.1, 0.15) is 23.6 Å². The van der Waals surface area contributed by atoms with Crippen LogP contribution in [0, 0.1) is 5.82 Å². The number of nitrogens with zero attached hydrogens (tertiary/aromatic N) is 1. The van der Waals surface area contributed by atoms with Gasteiger partial charge in [0, 0.05) is 13.0 Å². The van der Waals surface area contributed by atoms with Gasteiger partial charge in [-0.2, -0.15) is 0 Å². The summed E-state index contributed by atoms with van der Waals surface area (Å²) < 4.78 is 19.2. The Morgan fingerprint density at radius 2 is 1.92 bits per heavy atom. The molecule has 0 fully saturated rings. The molecule has 4 nitrogen and oxygen atoms in total. The molecular formula is C20H24BrFN2O2. The second-order valence-corrected chi connectivity index (χ2v) is 7.16. The molecule has 0 aliphatic heterocycles. The van der Waals surface area contributed by atoms with Crippen molar-refractivity contribution in [2.24, 2.45) is 0 Å². The monoisotopic (exact) mass is 422 g/mol. The molecule has 0 aliphatic carbocycles. The second-order valence-electron chi connectivity index (χ2n) is 6.30. The van der Waals surface area contributed by atoms with Gasteiger partial charge in [0.05, 0.1) is 17.6 Å². The van der Waals surface area contributed by atoms with Crippen molar-refractivity contribution in [3.63, 3.8) is 0 Å². The van der Waals surface area contributed by atoms with Crippen molar-refractivity contribution in [2.75, 3.05) is 27.7 Å². The molecule has 2 rings (SSSR count). The average molecular weight is 423 g/mol. The Bertz CT molecular complexity index is 735. The van der Waals surface area contributed by atoms with Crippen LogP contribution >= 0.6 is 15.9 Å². The summed E-state index contributed by atoms with van der Waals surface area (Å²) >= 11 is 3.45. The van der Waals surface area contributed by atoms with Crippen molar-refractivity contribution >= 4 is 21.8 Å². The fourth-order valence-corrected chi connectivity index (χ4v) is 3.29. The predicted molar refractivity (Wildman–Crippen MR) is 105 cm³/mol. The number of rotatable bonds is 8. The average Bonchev–Trinajstić information content (AvgIpc) is 2.61. The van der Waals surface area contributed by atoms with E-state index in [1.54, 1.807) is 19.2 Å². The molecule has 6 heteroatoms. The molecule has 0 bridgehead atoms. The largest absolute Gasteiger partial charge is 0.496 e. The Hall–Kier alpha value is -1.92. The molecule has 0 saturated carbocycles. The first-order chi connectivity index (χ1) is 12.4. The summed E-state index contributed by atoms with van der Waals surface area (Å²) in [6, 6.07) is 12.2. The topological polar surface area (TPSA) is 41.6 Å². The highest BCUT2D eigenvalue weighted by Crippen LogP contribution is 2.26. The van der Waals surface area contributed by atoms with Gasteiger partial charge in [-0.3, -0.25) is 4.79 Å². The van der Waals surface area contributed by atoms with Crippen LogP contribution in [-0.4, -0.2) is 38.6 Å². The van der Waals surface area contributed by atoms with E-state index in [-0.39, 0.29) is 17.8 Å². The maximum Gasteiger partial charge on any atom is 0.220 e. The zero-order chi connectivity index (χ0) is 19.1. The van der Waals surface area contributed by atoms with Gasteiger partial charge < -0.3 is 15.0 Å². The summed E-state index contributed by atoms with van der Waals surface area (Å²) in [4.78, 5) is 14.2. The van der Waals surface area contributed by atoms with Crippen LogP contribution in [0.5, 0.6) is 5.75 Å². The van der Waals surface area contributed by atoms with E-state index in [1.165, 1.54) is 12.1 Å². The van der Waals surface area contributed by atoms with Crippen molar-refractivity contribution in [3.05, 3.63) is 63.9 Å². The summed E-state index contributed by atoms with van der Waals surface area (Å²) in [6.45, 7) is 0.476. The van der Waals surface area contributed by atoms with Crippen LogP contribution in [0.3, 0.4) is 0 Å². The Morgan fingerprint density at radius 3 is 2.50 bits per heavy atom. The van der Waals surface area contributed by atoms with E-state index in [9.17, 15) is 9.18 Å². The molecule has 2 aromatic rings. The second kappa shape index (κ2) is 9.69. The normalized spacial score (nSPS) is 12.1. The molecule has 26 heavy (non-hydrogen) atoms. The molecule has 0 aromatic heterocycles. The van der Waals surface area contributed by atoms with E-state index in [4.69, 9.17) is 4.74 Å². The van der Waals surface area contributed by atoms with E-state index in [0.29, 0.717) is 19.4 Å². The number of hydrogen-bond acceptors (Lipinski definition) is 3. The predicted octanol–water partition coefficient (Wildman–Crippen LogP) is 3.95. The minimum absolute atomic E-state index is 0.00493. The fourth-order valence-electron chi connectivity index (χ4n) is 2.71. The first-order valence-electron chi connectivity index (χ1n) is 8.41. The van der Waals surface area contributed by atoms with Gasteiger partial charge in [-0.15, -0.1) is 0 Å². The lowest BCUT2D eigenvalue weighted by atomic mass is 10.1. The van der Waals surface area contributed by atoms with Gasteiger partial charge in [0.1, 0.15) is 11.6 Å². The molecular weight excluding hydrogens is 399 g/mol. The minimum Gasteiger partial charge on any atom is -0.496 e. The van der Waals surface area contributed by atoms with Crippen LogP contribution < -0.4 is 10.1 Å². The van der Waals surface area contributed by atoms with Gasteiger partial charge in [0.25, 0.3) is 0 Å². The number of halogens is 2. The van der Waals surface area contributed by atoms with Crippen molar-refractivity contribution in [1.29, 1.82) is 0 Å². The number of benzene rings is 2. The van der Waals surface area contributed by atoms with E-state index < -0.39 is 0 Å². The highest BCUT2D eigenvalue weighted by atomic mass is 79.9. The molecule has 0 saturated heterocycles. The van der Waals surface area contributed by atoms with Crippen molar-refractivity contribution in [2.45, 2.75) is 18.9 Å². The molecule has 1 amide bonds. The van der Waals surface area contributed by atoms with E-state index in [1.807, 2.05) is 37.2 Å². The first kappa shape index (κ1) is 20.4. The summed E-state index contributed by atoms with van der Waals surface area (Å²) in [7, 11) is 5.50. The van der Waals surface area contributed by atoms with Gasteiger partial charge in [0.2, 0.25) is 5.91 Å². The Balaban J connectivity index is 1.88. The van der Waals surface area contributed by atoms with Crippen LogP contribution in [0.25, 0.3) is 0 Å². The van der Waals surface area contributed by atoms with Gasteiger partial charge in [-0.05, 0) is 71.8 Å². The van der Waals surface area contributed by atoms with E-state index in [2.05, 4.69) is 21.2 Å². The van der Waals surface area contributed by atoms with Crippen molar-refractivity contribution in [1.82, 2.24) is 10.2 Å². The van der Waals surface area contributed by atoms with Crippen LogP contribution in [0.15, 0.2) is 46.9 Å². The van der Waals surface area contributed by atoms with Crippen molar-refractivity contribution < 1.29 is 13.9 Å². The SMILES string of the molecule is COc1ccc(CCC(=O)NCC(c2ccc(F)cc2)N(C)C)cc1Br. The lowest BCUT2D eigenvalue weighted by molar-refractivity contribution is -0.121. The van der Waals surface area contributed by atoms with E-state index >= 15 is 0 Å². The lowest BCUT2D eigenvalue weighted by Crippen LogP contribution is -2.34. The number of carbonyl (C=O) groups excluding carboxylic acids is 1. The Labute approximate surface area is 162 Å². The number of hydrogen-bond donors (Lipinski definition) is 1. The molecule has 0 aliphatic rings. The summed E-state index contributed by atoms with van der Waals surface area (Å²) in [5, 5.41) is 2.97. The summed E-state index contributed by atoms with van der Waals surface area (Å²) in [5.74, 6) is 0.498. The number of nitrogens with one attached hydrogen (secondary N) is 1. The third-order valence-electron chi connectivity index (χ3n) is 4.23. The number of aryl methyl sites for hydroxylation is 1. The van der Waals surface area contributed by atoms with Crippen LogP contribution in [-0.2, 0) is 11.2 Å². The zero-order valence-electron chi connectivity index (χ0n) is 15.3. The van der Waals surface area contributed by atoms with Crippen LogP contribution in [0.2, 0.25) is 0 Å². The van der Waals surface area contributed by atoms with Gasteiger partial charge in [-0.25, -0.2) is 4.39 Å². The number of likely N-dealkylation sites (N-methyl/N-ethyl adjacent to an activating group) is 1. The molecule has 1 N–H and O–H groups in total. The molecule has 1 atom stereocenters. The zero-order valence-corrected chi connectivity index (χ0v) is 16.8. The third-order valence-corrected chi connectivity index (χ3v) is 4.85. The quantitative estimate of drug-likeness (QED) is 0.699. The number of methoxy groups -OCH3 is 1. The summed E-state index contributed by atoms with van der Waals surface area (Å²) in [6.07, 6.45) is 1.06. The van der Waals surface area contributed by atoms with Crippen LogP contribution in [0.4, 0.5) is 4.39 Å². The van der Waals surface area contributed by atoms with Gasteiger partial charge >= 0.3 is 0 Å². The smallest absolute Gasteiger partial charge is 0.220 e. The number of ether oxygens (including phenoxy) is 1. The standard InChI is InChI=1S/C20H24BrFN2O2/c1-24(2)18(15-6-8-16(22)9-7-15)13-23-20(25)11-5-14-4-10-19(26-3)17(21)12-14/h4,6-10,12,18H,5,11,13H2,1-3H3,(H,23,25). The fraction of sp³-hybridized carbons (Fsp3) is 0.350. The molecule has 1 unspecified atom stereocenters. The molecule has 140 valence electrons. The maximum atomic E-state index is 13.1. The first-order valence-corrected chi connectivity index (χ1v) is 9.21. The number of amides is 1.